The van der Waals surface area contributed by atoms with Crippen LogP contribution in [-0.2, 0) is 16.1 Å². The molecule has 0 radical (unpaired) electrons. The molecule has 2 amide bonds. The van der Waals surface area contributed by atoms with E-state index in [2.05, 4.69) is 10.6 Å². The smallest absolute Gasteiger partial charge is 0.258 e. The Labute approximate surface area is 177 Å². The van der Waals surface area contributed by atoms with E-state index in [1.54, 1.807) is 23.9 Å². The third kappa shape index (κ3) is 8.07. The molecule has 0 bridgehead atoms. The van der Waals surface area contributed by atoms with E-state index in [1.165, 1.54) is 0 Å². The monoisotopic (exact) mass is 415 g/mol. The lowest BCUT2D eigenvalue weighted by Crippen LogP contribution is -2.48. The molecule has 0 aliphatic carbocycles. The Morgan fingerprint density at radius 1 is 1.07 bits per heavy atom. The summed E-state index contributed by atoms with van der Waals surface area (Å²) < 4.78 is 5.46. The summed E-state index contributed by atoms with van der Waals surface area (Å²) in [5.74, 6) is 0.887. The van der Waals surface area contributed by atoms with Gasteiger partial charge < -0.3 is 20.3 Å². The number of carbonyl (C=O) groups is 2. The van der Waals surface area contributed by atoms with Crippen LogP contribution in [0.5, 0.6) is 5.75 Å². The van der Waals surface area contributed by atoms with Crippen LogP contribution in [-0.4, -0.2) is 50.6 Å². The minimum Gasteiger partial charge on any atom is -0.484 e. The number of anilines is 1. The SMILES string of the molecule is CSCCC(NC(=O)COc1ccccc1)C(=O)NCc1ccc(N(C)C)cc1. The molecule has 0 spiro atoms. The van der Waals surface area contributed by atoms with Crippen molar-refractivity contribution in [1.29, 1.82) is 0 Å². The fraction of sp³-hybridized carbons (Fsp3) is 0.364. The number of para-hydroxylation sites is 1. The van der Waals surface area contributed by atoms with Gasteiger partial charge in [-0.3, -0.25) is 9.59 Å². The van der Waals surface area contributed by atoms with E-state index < -0.39 is 6.04 Å². The van der Waals surface area contributed by atoms with Crippen LogP contribution >= 0.6 is 11.8 Å². The summed E-state index contributed by atoms with van der Waals surface area (Å²) in [6.45, 7) is 0.289. The number of nitrogens with zero attached hydrogens (tertiary/aromatic N) is 1. The summed E-state index contributed by atoms with van der Waals surface area (Å²) in [7, 11) is 3.97. The number of hydrogen-bond donors (Lipinski definition) is 2. The Bertz CT molecular complexity index is 767. The molecule has 0 aromatic heterocycles. The lowest BCUT2D eigenvalue weighted by Gasteiger charge is -2.19. The maximum absolute atomic E-state index is 12.6. The number of carbonyl (C=O) groups excluding carboxylic acids is 2. The van der Waals surface area contributed by atoms with E-state index in [-0.39, 0.29) is 18.4 Å². The highest BCUT2D eigenvalue weighted by Gasteiger charge is 2.20. The topological polar surface area (TPSA) is 70.7 Å². The summed E-state index contributed by atoms with van der Waals surface area (Å²) in [6.07, 6.45) is 2.53. The predicted octanol–water partition coefficient (Wildman–Crippen LogP) is 2.69. The molecule has 2 aromatic rings. The van der Waals surface area contributed by atoms with Gasteiger partial charge >= 0.3 is 0 Å². The van der Waals surface area contributed by atoms with Crippen LogP contribution in [0.4, 0.5) is 5.69 Å². The molecule has 7 heteroatoms. The maximum Gasteiger partial charge on any atom is 0.258 e. The molecule has 0 heterocycles. The van der Waals surface area contributed by atoms with Gasteiger partial charge in [-0.25, -0.2) is 0 Å². The van der Waals surface area contributed by atoms with Gasteiger partial charge in [0.15, 0.2) is 6.61 Å². The number of benzene rings is 2. The highest BCUT2D eigenvalue weighted by atomic mass is 32.2. The van der Waals surface area contributed by atoms with E-state index in [1.807, 2.05) is 67.7 Å². The highest BCUT2D eigenvalue weighted by molar-refractivity contribution is 7.98. The zero-order chi connectivity index (χ0) is 21.1. The van der Waals surface area contributed by atoms with Crippen molar-refractivity contribution >= 4 is 29.3 Å². The van der Waals surface area contributed by atoms with Crippen LogP contribution in [0, 0.1) is 0 Å². The van der Waals surface area contributed by atoms with Crippen molar-refractivity contribution in [3.8, 4) is 5.75 Å². The van der Waals surface area contributed by atoms with Gasteiger partial charge in [-0.15, -0.1) is 0 Å². The standard InChI is InChI=1S/C22H29N3O3S/c1-25(2)18-11-9-17(10-12-18)15-23-22(27)20(13-14-29-3)24-21(26)16-28-19-7-5-4-6-8-19/h4-12,20H,13-16H2,1-3H3,(H,23,27)(H,24,26). The Morgan fingerprint density at radius 3 is 2.38 bits per heavy atom. The Kier molecular flexibility index (Phi) is 9.37. The van der Waals surface area contributed by atoms with Crippen molar-refractivity contribution < 1.29 is 14.3 Å². The zero-order valence-electron chi connectivity index (χ0n) is 17.2. The minimum absolute atomic E-state index is 0.126. The van der Waals surface area contributed by atoms with E-state index in [4.69, 9.17) is 4.74 Å². The largest absolute Gasteiger partial charge is 0.484 e. The first kappa shape index (κ1) is 22.6. The van der Waals surface area contributed by atoms with E-state index >= 15 is 0 Å². The molecule has 0 saturated carbocycles. The Morgan fingerprint density at radius 2 is 1.76 bits per heavy atom. The Hall–Kier alpha value is -2.67. The van der Waals surface area contributed by atoms with Gasteiger partial charge in [0.2, 0.25) is 5.91 Å². The molecule has 1 unspecified atom stereocenters. The summed E-state index contributed by atoms with van der Waals surface area (Å²) in [5.41, 5.74) is 2.11. The molecule has 2 rings (SSSR count). The van der Waals surface area contributed by atoms with Gasteiger partial charge in [0, 0.05) is 26.3 Å². The molecule has 2 aromatic carbocycles. The summed E-state index contributed by atoms with van der Waals surface area (Å²) in [4.78, 5) is 26.9. The fourth-order valence-electron chi connectivity index (χ4n) is 2.63. The number of hydrogen-bond acceptors (Lipinski definition) is 5. The summed E-state index contributed by atoms with van der Waals surface area (Å²) in [5, 5.41) is 5.70. The van der Waals surface area contributed by atoms with Crippen LogP contribution in [0.3, 0.4) is 0 Å². The van der Waals surface area contributed by atoms with Gasteiger partial charge in [0.05, 0.1) is 0 Å². The molecule has 6 nitrogen and oxygen atoms in total. The van der Waals surface area contributed by atoms with Crippen molar-refractivity contribution in [3.05, 3.63) is 60.2 Å². The Balaban J connectivity index is 1.86. The third-order valence-electron chi connectivity index (χ3n) is 4.29. The first-order valence-corrected chi connectivity index (χ1v) is 10.9. The highest BCUT2D eigenvalue weighted by Crippen LogP contribution is 2.12. The summed E-state index contributed by atoms with van der Waals surface area (Å²) >= 11 is 1.64. The van der Waals surface area contributed by atoms with Crippen molar-refractivity contribution in [2.24, 2.45) is 0 Å². The molecule has 0 saturated heterocycles. The molecular weight excluding hydrogens is 386 g/mol. The number of thioether (sulfide) groups is 1. The van der Waals surface area contributed by atoms with Gasteiger partial charge in [0.25, 0.3) is 5.91 Å². The molecule has 0 aliphatic rings. The van der Waals surface area contributed by atoms with Crippen LogP contribution in [0.2, 0.25) is 0 Å². The fourth-order valence-corrected chi connectivity index (χ4v) is 3.10. The second-order valence-electron chi connectivity index (χ2n) is 6.78. The van der Waals surface area contributed by atoms with Crippen molar-refractivity contribution in [2.45, 2.75) is 19.0 Å². The van der Waals surface area contributed by atoms with Crippen molar-refractivity contribution in [3.63, 3.8) is 0 Å². The van der Waals surface area contributed by atoms with Crippen LogP contribution < -0.4 is 20.3 Å². The molecule has 0 fully saturated rings. The van der Waals surface area contributed by atoms with Crippen molar-refractivity contribution in [1.82, 2.24) is 10.6 Å². The number of rotatable bonds is 11. The van der Waals surface area contributed by atoms with Gasteiger partial charge in [-0.05, 0) is 48.3 Å². The predicted molar refractivity (Wildman–Crippen MR) is 119 cm³/mol. The molecule has 29 heavy (non-hydrogen) atoms. The van der Waals surface area contributed by atoms with Crippen LogP contribution in [0.25, 0.3) is 0 Å². The van der Waals surface area contributed by atoms with E-state index in [9.17, 15) is 9.59 Å². The lowest BCUT2D eigenvalue weighted by atomic mass is 10.1. The lowest BCUT2D eigenvalue weighted by molar-refractivity contribution is -0.130. The molecule has 0 aliphatic heterocycles. The van der Waals surface area contributed by atoms with Gasteiger partial charge in [-0.2, -0.15) is 11.8 Å². The molecule has 1 atom stereocenters. The van der Waals surface area contributed by atoms with Crippen molar-refractivity contribution in [2.75, 3.05) is 37.6 Å². The number of ether oxygens (including phenoxy) is 1. The second-order valence-corrected chi connectivity index (χ2v) is 7.77. The average molecular weight is 416 g/mol. The molecular formula is C22H29N3O3S. The average Bonchev–Trinajstić information content (AvgIpc) is 2.74. The van der Waals surface area contributed by atoms with E-state index in [0.717, 1.165) is 17.0 Å². The van der Waals surface area contributed by atoms with Crippen LogP contribution in [0.15, 0.2) is 54.6 Å². The normalized spacial score (nSPS) is 11.4. The summed E-state index contributed by atoms with van der Waals surface area (Å²) in [6, 6.07) is 16.5. The number of nitrogens with one attached hydrogen (secondary N) is 2. The number of amides is 2. The first-order chi connectivity index (χ1) is 14.0. The molecule has 156 valence electrons. The van der Waals surface area contributed by atoms with E-state index in [0.29, 0.717) is 18.7 Å². The van der Waals surface area contributed by atoms with Gasteiger partial charge in [-0.1, -0.05) is 30.3 Å². The van der Waals surface area contributed by atoms with Gasteiger partial charge in [0.1, 0.15) is 11.8 Å². The third-order valence-corrected chi connectivity index (χ3v) is 4.94. The zero-order valence-corrected chi connectivity index (χ0v) is 18.0. The quantitative estimate of drug-likeness (QED) is 0.591. The molecule has 2 N–H and O–H groups in total. The minimum atomic E-state index is -0.588. The first-order valence-electron chi connectivity index (χ1n) is 9.49. The second kappa shape index (κ2) is 12.0. The maximum atomic E-state index is 12.6. The van der Waals surface area contributed by atoms with Crippen LogP contribution in [0.1, 0.15) is 12.0 Å².